The van der Waals surface area contributed by atoms with Crippen molar-refractivity contribution in [1.82, 2.24) is 0 Å². The van der Waals surface area contributed by atoms with Gasteiger partial charge in [-0.2, -0.15) is 0 Å². The summed E-state index contributed by atoms with van der Waals surface area (Å²) in [7, 11) is -0.332. The third kappa shape index (κ3) is 5.47. The fourth-order valence-electron chi connectivity index (χ4n) is 2.54. The van der Waals surface area contributed by atoms with Crippen molar-refractivity contribution in [1.29, 1.82) is 0 Å². The van der Waals surface area contributed by atoms with Gasteiger partial charge in [-0.25, -0.2) is 0 Å². The van der Waals surface area contributed by atoms with Gasteiger partial charge in [0.15, 0.2) is 0 Å². The fraction of sp³-hybridized carbons (Fsp3) is 0.700. The van der Waals surface area contributed by atoms with Gasteiger partial charge in [0.25, 0.3) is 0 Å². The minimum absolute atomic E-state index is 0. The fourth-order valence-corrected chi connectivity index (χ4v) is 2.54. The second-order valence-corrected chi connectivity index (χ2v) is 7.42. The van der Waals surface area contributed by atoms with Crippen molar-refractivity contribution in [3.05, 3.63) is 23.8 Å². The molecule has 0 bridgehead atoms. The Morgan fingerprint density at radius 3 is 2.20 bits per heavy atom. The molecule has 1 fully saturated rings. The van der Waals surface area contributed by atoms with E-state index in [4.69, 9.17) is 18.8 Å². The highest BCUT2D eigenvalue weighted by molar-refractivity contribution is 6.62. The van der Waals surface area contributed by atoms with Gasteiger partial charge in [0.05, 0.1) is 17.8 Å². The van der Waals surface area contributed by atoms with Crippen molar-refractivity contribution in [3.8, 4) is 5.75 Å². The second-order valence-electron chi connectivity index (χ2n) is 7.42. The lowest BCUT2D eigenvalue weighted by molar-refractivity contribution is 0.00578. The molecular weight excluding hydrogens is 315 g/mol. The van der Waals surface area contributed by atoms with E-state index in [2.05, 4.69) is 41.5 Å². The van der Waals surface area contributed by atoms with Crippen molar-refractivity contribution in [3.63, 3.8) is 0 Å². The van der Waals surface area contributed by atoms with Gasteiger partial charge < -0.3 is 18.8 Å². The Morgan fingerprint density at radius 2 is 1.64 bits per heavy atom. The standard InChI is InChI=1S/C19H31BO4.CH4/c1-7-8-11-21-12-13-22-16-9-10-17(15(2)14-16)20-23-18(3,4)19(5,6)24-20;/h9-10,14H,7-8,11-13H2,1-6H3;1H4. The van der Waals surface area contributed by atoms with Crippen molar-refractivity contribution in [2.24, 2.45) is 0 Å². The largest absolute Gasteiger partial charge is 0.495 e. The summed E-state index contributed by atoms with van der Waals surface area (Å²) < 4.78 is 23.5. The lowest BCUT2D eigenvalue weighted by Gasteiger charge is -2.32. The predicted octanol–water partition coefficient (Wildman–Crippen LogP) is 4.13. The minimum Gasteiger partial charge on any atom is -0.491 e. The van der Waals surface area contributed by atoms with E-state index in [-0.39, 0.29) is 25.7 Å². The smallest absolute Gasteiger partial charge is 0.491 e. The molecule has 25 heavy (non-hydrogen) atoms. The van der Waals surface area contributed by atoms with Crippen LogP contribution in [0.5, 0.6) is 5.75 Å². The van der Waals surface area contributed by atoms with E-state index in [1.165, 1.54) is 0 Å². The van der Waals surface area contributed by atoms with Crippen LogP contribution < -0.4 is 10.2 Å². The van der Waals surface area contributed by atoms with Crippen molar-refractivity contribution in [2.45, 2.75) is 73.0 Å². The van der Waals surface area contributed by atoms with Crippen molar-refractivity contribution >= 4 is 12.6 Å². The Morgan fingerprint density at radius 1 is 1.00 bits per heavy atom. The third-order valence-corrected chi connectivity index (χ3v) is 4.89. The Kier molecular flexibility index (Phi) is 7.98. The van der Waals surface area contributed by atoms with Gasteiger partial charge >= 0.3 is 7.12 Å². The van der Waals surface area contributed by atoms with E-state index in [1.54, 1.807) is 0 Å². The molecule has 0 atom stereocenters. The molecule has 1 saturated heterocycles. The topological polar surface area (TPSA) is 36.9 Å². The van der Waals surface area contributed by atoms with Crippen LogP contribution in [-0.4, -0.2) is 38.1 Å². The number of rotatable bonds is 8. The molecule has 0 saturated carbocycles. The molecule has 2 rings (SSSR count). The summed E-state index contributed by atoms with van der Waals surface area (Å²) >= 11 is 0. The van der Waals surface area contributed by atoms with Crippen molar-refractivity contribution < 1.29 is 18.8 Å². The third-order valence-electron chi connectivity index (χ3n) is 4.89. The van der Waals surface area contributed by atoms with Crippen LogP contribution in [0, 0.1) is 6.92 Å². The monoisotopic (exact) mass is 350 g/mol. The number of hydrogen-bond donors (Lipinski definition) is 0. The van der Waals surface area contributed by atoms with Gasteiger partial charge in [0.2, 0.25) is 0 Å². The maximum atomic E-state index is 6.12. The van der Waals surface area contributed by atoms with Crippen LogP contribution >= 0.6 is 0 Å². The predicted molar refractivity (Wildman–Crippen MR) is 105 cm³/mol. The molecule has 1 aliphatic heterocycles. The van der Waals surface area contributed by atoms with E-state index in [0.717, 1.165) is 36.2 Å². The Labute approximate surface area is 154 Å². The highest BCUT2D eigenvalue weighted by atomic mass is 16.7. The van der Waals surface area contributed by atoms with E-state index in [1.807, 2.05) is 18.2 Å². The molecule has 1 heterocycles. The zero-order valence-corrected chi connectivity index (χ0v) is 16.0. The van der Waals surface area contributed by atoms with Crippen LogP contribution in [0.3, 0.4) is 0 Å². The van der Waals surface area contributed by atoms with Crippen LogP contribution in [0.15, 0.2) is 18.2 Å². The van der Waals surface area contributed by atoms with Gasteiger partial charge in [-0.1, -0.05) is 26.8 Å². The lowest BCUT2D eigenvalue weighted by Crippen LogP contribution is -2.41. The maximum absolute atomic E-state index is 6.12. The number of aryl methyl sites for hydroxylation is 1. The van der Waals surface area contributed by atoms with Gasteiger partial charge in [0, 0.05) is 6.61 Å². The summed E-state index contributed by atoms with van der Waals surface area (Å²) in [6.07, 6.45) is 2.25. The molecule has 0 spiro atoms. The average Bonchev–Trinajstić information content (AvgIpc) is 2.71. The molecule has 0 unspecified atom stereocenters. The summed E-state index contributed by atoms with van der Waals surface area (Å²) in [5, 5.41) is 0. The molecule has 142 valence electrons. The van der Waals surface area contributed by atoms with Crippen molar-refractivity contribution in [2.75, 3.05) is 19.8 Å². The molecule has 0 N–H and O–H groups in total. The van der Waals surface area contributed by atoms with Gasteiger partial charge in [-0.15, -0.1) is 0 Å². The number of ether oxygens (including phenoxy) is 2. The molecule has 0 radical (unpaired) electrons. The van der Waals surface area contributed by atoms with Crippen LogP contribution in [0.4, 0.5) is 0 Å². The molecule has 1 aromatic rings. The summed E-state index contributed by atoms with van der Waals surface area (Å²) in [6, 6.07) is 6.04. The first kappa shape index (κ1) is 22.0. The van der Waals surface area contributed by atoms with Gasteiger partial charge in [-0.05, 0) is 64.2 Å². The Hall–Kier alpha value is -1.04. The summed E-state index contributed by atoms with van der Waals surface area (Å²) in [6.45, 7) is 14.5. The second kappa shape index (κ2) is 9.06. The number of hydrogen-bond acceptors (Lipinski definition) is 4. The molecule has 1 aromatic carbocycles. The molecule has 1 aliphatic rings. The number of unbranched alkanes of at least 4 members (excludes halogenated alkanes) is 1. The normalized spacial score (nSPS) is 18.1. The number of benzene rings is 1. The first-order chi connectivity index (χ1) is 11.3. The van der Waals surface area contributed by atoms with Gasteiger partial charge in [0.1, 0.15) is 12.4 Å². The Balaban J connectivity index is 0.00000312. The Bertz CT molecular complexity index is 526. The van der Waals surface area contributed by atoms with Crippen LogP contribution in [-0.2, 0) is 14.0 Å². The highest BCUT2D eigenvalue weighted by Gasteiger charge is 2.52. The maximum Gasteiger partial charge on any atom is 0.495 e. The van der Waals surface area contributed by atoms with E-state index < -0.39 is 0 Å². The summed E-state index contributed by atoms with van der Waals surface area (Å²) in [5.41, 5.74) is 1.52. The molecule has 5 heteroatoms. The van der Waals surface area contributed by atoms with E-state index >= 15 is 0 Å². The lowest BCUT2D eigenvalue weighted by atomic mass is 9.76. The molecular formula is C20H35BO4. The van der Waals surface area contributed by atoms with Crippen LogP contribution in [0.1, 0.15) is 60.5 Å². The first-order valence-electron chi connectivity index (χ1n) is 8.93. The van der Waals surface area contributed by atoms with E-state index in [0.29, 0.717) is 13.2 Å². The SMILES string of the molecule is C.CCCCOCCOc1ccc(B2OC(C)(C)C(C)(C)O2)c(C)c1. The molecule has 0 aliphatic carbocycles. The molecule has 0 amide bonds. The summed E-state index contributed by atoms with van der Waals surface area (Å²) in [5.74, 6) is 0.854. The van der Waals surface area contributed by atoms with E-state index in [9.17, 15) is 0 Å². The average molecular weight is 350 g/mol. The zero-order valence-electron chi connectivity index (χ0n) is 16.0. The first-order valence-corrected chi connectivity index (χ1v) is 8.93. The zero-order chi connectivity index (χ0) is 17.8. The quantitative estimate of drug-likeness (QED) is 0.522. The van der Waals surface area contributed by atoms with Crippen LogP contribution in [0.2, 0.25) is 0 Å². The highest BCUT2D eigenvalue weighted by Crippen LogP contribution is 2.36. The molecule has 0 aromatic heterocycles. The van der Waals surface area contributed by atoms with Crippen LogP contribution in [0.25, 0.3) is 0 Å². The molecule has 4 nitrogen and oxygen atoms in total. The minimum atomic E-state index is -0.332. The van der Waals surface area contributed by atoms with Gasteiger partial charge in [-0.3, -0.25) is 0 Å². The summed E-state index contributed by atoms with van der Waals surface area (Å²) in [4.78, 5) is 0.